The molecule has 164 valence electrons. The van der Waals surface area contributed by atoms with Crippen LogP contribution in [0.3, 0.4) is 0 Å². The molecule has 1 aromatic carbocycles. The predicted octanol–water partition coefficient (Wildman–Crippen LogP) is 1.83. The van der Waals surface area contributed by atoms with Crippen LogP contribution in [0.4, 0.5) is 0 Å². The smallest absolute Gasteiger partial charge is 0.274 e. The maximum Gasteiger partial charge on any atom is 0.274 e. The van der Waals surface area contributed by atoms with Crippen molar-refractivity contribution in [3.05, 3.63) is 59.7 Å². The molecule has 0 unspecified atom stereocenters. The van der Waals surface area contributed by atoms with Crippen LogP contribution in [-0.4, -0.2) is 68.5 Å². The summed E-state index contributed by atoms with van der Waals surface area (Å²) in [7, 11) is 0. The van der Waals surface area contributed by atoms with Gasteiger partial charge in [-0.3, -0.25) is 14.6 Å². The van der Waals surface area contributed by atoms with Gasteiger partial charge >= 0.3 is 0 Å². The summed E-state index contributed by atoms with van der Waals surface area (Å²) in [5, 5.41) is 9.97. The summed E-state index contributed by atoms with van der Waals surface area (Å²) in [6.45, 7) is 0.296. The number of amides is 2. The Morgan fingerprint density at radius 3 is 2.62 bits per heavy atom. The summed E-state index contributed by atoms with van der Waals surface area (Å²) < 4.78 is 0. The van der Waals surface area contributed by atoms with Gasteiger partial charge in [-0.1, -0.05) is 36.8 Å². The average molecular weight is 431 g/mol. The second kappa shape index (κ2) is 8.71. The first kappa shape index (κ1) is 20.7. The molecule has 1 aromatic heterocycles. The zero-order valence-electron chi connectivity index (χ0n) is 17.9. The zero-order valence-corrected chi connectivity index (χ0v) is 17.9. The van der Waals surface area contributed by atoms with E-state index in [1.54, 1.807) is 4.90 Å². The Bertz CT molecular complexity index is 1050. The van der Waals surface area contributed by atoms with Crippen molar-refractivity contribution in [2.75, 3.05) is 19.7 Å². The molecule has 2 aromatic rings. The lowest BCUT2D eigenvalue weighted by Crippen LogP contribution is -2.73. The van der Waals surface area contributed by atoms with Gasteiger partial charge in [0, 0.05) is 36.3 Å². The van der Waals surface area contributed by atoms with E-state index < -0.39 is 0 Å². The van der Waals surface area contributed by atoms with E-state index in [9.17, 15) is 14.7 Å². The van der Waals surface area contributed by atoms with Gasteiger partial charge in [-0.05, 0) is 30.5 Å². The summed E-state index contributed by atoms with van der Waals surface area (Å²) in [6.07, 6.45) is 9.33. The van der Waals surface area contributed by atoms with E-state index in [4.69, 9.17) is 0 Å². The van der Waals surface area contributed by atoms with Gasteiger partial charge in [0.2, 0.25) is 5.91 Å². The van der Waals surface area contributed by atoms with Crippen LogP contribution in [-0.2, 0) is 4.79 Å². The van der Waals surface area contributed by atoms with E-state index in [1.165, 1.54) is 49.2 Å². The molecule has 5 rings (SSSR count). The van der Waals surface area contributed by atoms with E-state index in [-0.39, 0.29) is 48.7 Å². The second-order valence-electron chi connectivity index (χ2n) is 8.79. The highest BCUT2D eigenvalue weighted by Gasteiger charge is 2.54. The number of hydrogen-bond donors (Lipinski definition) is 1. The molecule has 3 aliphatic rings. The standard InChI is InChI=1S/C25H26N4O3/c30-16-22-24(19-9-7-18(8-10-19)6-5-17-3-1-2-4-17)21-14-28(15-23(31)29(21)22)25(32)20-13-26-11-12-27-20/h7-13,17,21-22,24,30H,1-4,14-16H2/t21-,22+,24+/m1/s1. The molecule has 1 aliphatic carbocycles. The van der Waals surface area contributed by atoms with E-state index >= 15 is 0 Å². The van der Waals surface area contributed by atoms with Gasteiger partial charge in [-0.25, -0.2) is 4.98 Å². The highest BCUT2D eigenvalue weighted by molar-refractivity contribution is 5.96. The monoisotopic (exact) mass is 430 g/mol. The number of piperazine rings is 1. The molecule has 2 aliphatic heterocycles. The molecule has 3 fully saturated rings. The first-order valence-electron chi connectivity index (χ1n) is 11.2. The van der Waals surface area contributed by atoms with Gasteiger partial charge in [0.15, 0.2) is 0 Å². The minimum Gasteiger partial charge on any atom is -0.394 e. The maximum atomic E-state index is 12.8. The Balaban J connectivity index is 1.33. The van der Waals surface area contributed by atoms with Crippen molar-refractivity contribution < 1.29 is 14.7 Å². The lowest BCUT2D eigenvalue weighted by atomic mass is 9.73. The van der Waals surface area contributed by atoms with Crippen molar-refractivity contribution in [2.45, 2.75) is 43.7 Å². The van der Waals surface area contributed by atoms with E-state index in [1.807, 2.05) is 24.3 Å². The molecule has 0 spiro atoms. The van der Waals surface area contributed by atoms with Gasteiger partial charge in [0.25, 0.3) is 5.91 Å². The molecule has 3 atom stereocenters. The molecule has 0 bridgehead atoms. The Morgan fingerprint density at radius 1 is 1.16 bits per heavy atom. The molecular formula is C25H26N4O3. The SMILES string of the molecule is O=C(c1cnccn1)N1CC(=O)N2[C@H](C1)[C@H](c1ccc(C#CC3CCCC3)cc1)[C@@H]2CO. The largest absolute Gasteiger partial charge is 0.394 e. The Hall–Kier alpha value is -3.24. The van der Waals surface area contributed by atoms with Crippen LogP contribution in [0.1, 0.15) is 53.2 Å². The minimum atomic E-state index is -0.296. The molecule has 7 nitrogen and oxygen atoms in total. The maximum absolute atomic E-state index is 12.8. The topological polar surface area (TPSA) is 86.6 Å². The van der Waals surface area contributed by atoms with Crippen molar-refractivity contribution in [1.82, 2.24) is 19.8 Å². The van der Waals surface area contributed by atoms with Crippen molar-refractivity contribution >= 4 is 11.8 Å². The number of benzene rings is 1. The molecular weight excluding hydrogens is 404 g/mol. The molecule has 7 heteroatoms. The summed E-state index contributed by atoms with van der Waals surface area (Å²) in [6, 6.07) is 7.68. The lowest BCUT2D eigenvalue weighted by molar-refractivity contribution is -0.159. The van der Waals surface area contributed by atoms with Crippen molar-refractivity contribution in [2.24, 2.45) is 5.92 Å². The number of carbonyl (C=O) groups excluding carboxylic acids is 2. The Labute approximate surface area is 187 Å². The molecule has 0 radical (unpaired) electrons. The van der Waals surface area contributed by atoms with Crippen molar-refractivity contribution in [3.63, 3.8) is 0 Å². The van der Waals surface area contributed by atoms with Crippen LogP contribution in [0, 0.1) is 17.8 Å². The first-order valence-corrected chi connectivity index (χ1v) is 11.2. The molecule has 3 heterocycles. The van der Waals surface area contributed by atoms with Gasteiger partial charge in [0.05, 0.1) is 24.9 Å². The third-order valence-corrected chi connectivity index (χ3v) is 6.89. The van der Waals surface area contributed by atoms with Gasteiger partial charge < -0.3 is 14.9 Å². The van der Waals surface area contributed by atoms with Crippen LogP contribution in [0.15, 0.2) is 42.9 Å². The van der Waals surface area contributed by atoms with E-state index in [0.29, 0.717) is 12.5 Å². The number of aliphatic hydroxyl groups excluding tert-OH is 1. The number of carbonyl (C=O) groups is 2. The van der Waals surface area contributed by atoms with Gasteiger partial charge in [-0.15, -0.1) is 0 Å². The number of fused-ring (bicyclic) bond motifs is 1. The zero-order chi connectivity index (χ0) is 22.1. The van der Waals surface area contributed by atoms with Gasteiger partial charge in [0.1, 0.15) is 12.2 Å². The summed E-state index contributed by atoms with van der Waals surface area (Å²) >= 11 is 0. The van der Waals surface area contributed by atoms with Gasteiger partial charge in [-0.2, -0.15) is 0 Å². The predicted molar refractivity (Wildman–Crippen MR) is 117 cm³/mol. The highest BCUT2D eigenvalue weighted by Crippen LogP contribution is 2.43. The second-order valence-corrected chi connectivity index (χ2v) is 8.79. The summed E-state index contributed by atoms with van der Waals surface area (Å²) in [5.74, 6) is 6.71. The number of nitrogens with zero attached hydrogens (tertiary/aromatic N) is 4. The van der Waals surface area contributed by atoms with E-state index in [0.717, 1.165) is 11.1 Å². The molecule has 1 N–H and O–H groups in total. The van der Waals surface area contributed by atoms with Crippen LogP contribution in [0.5, 0.6) is 0 Å². The summed E-state index contributed by atoms with van der Waals surface area (Å²) in [5.41, 5.74) is 2.27. The lowest BCUT2D eigenvalue weighted by Gasteiger charge is -2.58. The number of rotatable bonds is 3. The molecule has 32 heavy (non-hydrogen) atoms. The molecule has 2 saturated heterocycles. The fraction of sp³-hybridized carbons (Fsp3) is 0.440. The van der Waals surface area contributed by atoms with Crippen LogP contribution >= 0.6 is 0 Å². The fourth-order valence-corrected chi connectivity index (χ4v) is 5.27. The third kappa shape index (κ3) is 3.76. The fourth-order valence-electron chi connectivity index (χ4n) is 5.27. The van der Waals surface area contributed by atoms with Crippen LogP contribution in [0.2, 0.25) is 0 Å². The highest BCUT2D eigenvalue weighted by atomic mass is 16.3. The molecule has 2 amide bonds. The number of aliphatic hydroxyl groups is 1. The quantitative estimate of drug-likeness (QED) is 0.751. The van der Waals surface area contributed by atoms with Crippen LogP contribution in [0.25, 0.3) is 0 Å². The van der Waals surface area contributed by atoms with E-state index in [2.05, 4.69) is 21.8 Å². The normalized spacial score (nSPS) is 25.0. The Morgan fingerprint density at radius 2 is 1.94 bits per heavy atom. The number of aromatic nitrogens is 2. The minimum absolute atomic E-state index is 0.00911. The average Bonchev–Trinajstić information content (AvgIpc) is 3.33. The Kier molecular flexibility index (Phi) is 5.62. The number of hydrogen-bond acceptors (Lipinski definition) is 5. The van der Waals surface area contributed by atoms with Crippen LogP contribution < -0.4 is 0 Å². The van der Waals surface area contributed by atoms with Crippen molar-refractivity contribution in [3.8, 4) is 11.8 Å². The molecule has 1 saturated carbocycles. The first-order chi connectivity index (χ1) is 15.7. The summed E-state index contributed by atoms with van der Waals surface area (Å²) in [4.78, 5) is 36.9. The van der Waals surface area contributed by atoms with Crippen molar-refractivity contribution in [1.29, 1.82) is 0 Å². The third-order valence-electron chi connectivity index (χ3n) is 6.89.